The second kappa shape index (κ2) is 10.2. The molecule has 0 bridgehead atoms. The van der Waals surface area contributed by atoms with Gasteiger partial charge in [-0.2, -0.15) is 0 Å². The molecule has 0 saturated heterocycles. The smallest absolute Gasteiger partial charge is 0.341 e. The lowest BCUT2D eigenvalue weighted by molar-refractivity contribution is 0.0601. The molecule has 4 rings (SSSR count). The van der Waals surface area contributed by atoms with E-state index < -0.39 is 5.97 Å². The lowest BCUT2D eigenvalue weighted by Crippen LogP contribution is -2.29. The Labute approximate surface area is 211 Å². The highest BCUT2D eigenvalue weighted by atomic mass is 16.5. The van der Waals surface area contributed by atoms with Crippen LogP contribution in [0.15, 0.2) is 48.8 Å². The van der Waals surface area contributed by atoms with E-state index in [1.165, 1.54) is 13.3 Å². The second-order valence-corrected chi connectivity index (χ2v) is 9.19. The lowest BCUT2D eigenvalue weighted by Gasteiger charge is -2.24. The third kappa shape index (κ3) is 4.96. The number of methoxy groups -OCH3 is 1. The van der Waals surface area contributed by atoms with Crippen molar-refractivity contribution < 1.29 is 9.53 Å². The van der Waals surface area contributed by atoms with E-state index in [4.69, 9.17) is 15.5 Å². The summed E-state index contributed by atoms with van der Waals surface area (Å²) >= 11 is 0. The largest absolute Gasteiger partial charge is 0.465 e. The van der Waals surface area contributed by atoms with E-state index in [-0.39, 0.29) is 0 Å². The fourth-order valence-corrected chi connectivity index (χ4v) is 4.20. The predicted molar refractivity (Wildman–Crippen MR) is 146 cm³/mol. The number of anilines is 4. The Hall–Kier alpha value is -4.11. The molecule has 0 amide bonds. The monoisotopic (exact) mass is 487 g/mol. The van der Waals surface area contributed by atoms with E-state index in [0.717, 1.165) is 46.5 Å². The molecule has 0 aliphatic heterocycles. The minimum Gasteiger partial charge on any atom is -0.465 e. The number of nitrogens with one attached hydrogen (secondary N) is 1. The molecule has 4 aromatic rings. The average Bonchev–Trinajstić information content (AvgIpc) is 3.20. The van der Waals surface area contributed by atoms with E-state index in [1.54, 1.807) is 0 Å². The summed E-state index contributed by atoms with van der Waals surface area (Å²) in [5.41, 5.74) is 12.5. The number of nitrogens with zero attached hydrogens (tertiary/aromatic N) is 5. The Morgan fingerprint density at radius 3 is 2.64 bits per heavy atom. The summed E-state index contributed by atoms with van der Waals surface area (Å²) in [7, 11) is 9.45. The standard InChI is InChI=1S/C27H33N7O2/c1-17-13-24(33(4)12-11-32(2)3)21(28)14-22(17)30-27-29-15-19(26(35)36-6)25(31-27)20-16-34(5)23-10-8-7-9-18(20)23/h7-10,13-16H,11-12,28H2,1-6H3,(H,29,30,31). The van der Waals surface area contributed by atoms with Crippen molar-refractivity contribution in [1.29, 1.82) is 0 Å². The highest BCUT2D eigenvalue weighted by Crippen LogP contribution is 2.34. The molecular formula is C27H33N7O2. The lowest BCUT2D eigenvalue weighted by atomic mass is 10.1. The van der Waals surface area contributed by atoms with Gasteiger partial charge in [0.1, 0.15) is 5.56 Å². The van der Waals surface area contributed by atoms with Crippen molar-refractivity contribution in [2.45, 2.75) is 6.92 Å². The van der Waals surface area contributed by atoms with E-state index >= 15 is 0 Å². The van der Waals surface area contributed by atoms with E-state index in [2.05, 4.69) is 26.2 Å². The number of carbonyl (C=O) groups excluding carboxylic acids is 1. The maximum atomic E-state index is 12.6. The number of para-hydroxylation sites is 1. The van der Waals surface area contributed by atoms with Gasteiger partial charge in [-0.15, -0.1) is 0 Å². The van der Waals surface area contributed by atoms with Crippen LogP contribution >= 0.6 is 0 Å². The van der Waals surface area contributed by atoms with Crippen molar-refractivity contribution in [3.63, 3.8) is 0 Å². The summed E-state index contributed by atoms with van der Waals surface area (Å²) in [5, 5.41) is 4.28. The first-order valence-corrected chi connectivity index (χ1v) is 11.7. The number of rotatable bonds is 8. The quantitative estimate of drug-likeness (QED) is 0.284. The molecule has 0 atom stereocenters. The van der Waals surface area contributed by atoms with Crippen LogP contribution in [-0.4, -0.2) is 66.7 Å². The van der Waals surface area contributed by atoms with Crippen LogP contribution in [0.4, 0.5) is 23.0 Å². The van der Waals surface area contributed by atoms with Crippen LogP contribution in [0.5, 0.6) is 0 Å². The number of aromatic nitrogens is 3. The topological polar surface area (TPSA) is 102 Å². The molecule has 0 fully saturated rings. The third-order valence-corrected chi connectivity index (χ3v) is 6.26. The van der Waals surface area contributed by atoms with Crippen LogP contribution in [0, 0.1) is 6.92 Å². The molecule has 0 unspecified atom stereocenters. The van der Waals surface area contributed by atoms with Crippen LogP contribution in [0.1, 0.15) is 15.9 Å². The van der Waals surface area contributed by atoms with Gasteiger partial charge >= 0.3 is 5.97 Å². The van der Waals surface area contributed by atoms with Crippen molar-refractivity contribution >= 4 is 39.9 Å². The van der Waals surface area contributed by atoms with Gasteiger partial charge in [-0.3, -0.25) is 0 Å². The Bertz CT molecular complexity index is 1410. The molecular weight excluding hydrogens is 454 g/mol. The number of hydrogen-bond acceptors (Lipinski definition) is 8. The number of fused-ring (bicyclic) bond motifs is 1. The first-order chi connectivity index (χ1) is 17.2. The highest BCUT2D eigenvalue weighted by molar-refractivity contribution is 6.02. The number of likely N-dealkylation sites (N-methyl/N-ethyl adjacent to an activating group) is 2. The summed E-state index contributed by atoms with van der Waals surface area (Å²) in [4.78, 5) is 26.0. The maximum Gasteiger partial charge on any atom is 0.341 e. The Balaban J connectivity index is 1.72. The Morgan fingerprint density at radius 1 is 1.17 bits per heavy atom. The first-order valence-electron chi connectivity index (χ1n) is 11.7. The number of nitrogens with two attached hydrogens (primary N) is 1. The van der Waals surface area contributed by atoms with Crippen LogP contribution in [0.25, 0.3) is 22.2 Å². The Kier molecular flexibility index (Phi) is 7.12. The molecule has 0 aliphatic carbocycles. The molecule has 36 heavy (non-hydrogen) atoms. The molecule has 0 aliphatic rings. The van der Waals surface area contributed by atoms with Gasteiger partial charge in [-0.25, -0.2) is 14.8 Å². The number of ether oxygens (including phenoxy) is 1. The molecule has 0 saturated carbocycles. The SMILES string of the molecule is COC(=O)c1cnc(Nc2cc(N)c(N(C)CCN(C)C)cc2C)nc1-c1cn(C)c2ccccc12. The van der Waals surface area contributed by atoms with Crippen molar-refractivity contribution in [3.8, 4) is 11.3 Å². The van der Waals surface area contributed by atoms with Crippen LogP contribution in [-0.2, 0) is 11.8 Å². The van der Waals surface area contributed by atoms with Gasteiger partial charge in [0, 0.05) is 61.7 Å². The van der Waals surface area contributed by atoms with Gasteiger partial charge in [0.2, 0.25) is 5.95 Å². The van der Waals surface area contributed by atoms with Gasteiger partial charge in [0.25, 0.3) is 0 Å². The first kappa shape index (κ1) is 25.0. The number of nitrogen functional groups attached to an aromatic ring is 1. The summed E-state index contributed by atoms with van der Waals surface area (Å²) in [6, 6.07) is 11.9. The van der Waals surface area contributed by atoms with Crippen molar-refractivity contribution in [2.24, 2.45) is 7.05 Å². The zero-order chi connectivity index (χ0) is 26.0. The minimum absolute atomic E-state index is 0.300. The van der Waals surface area contributed by atoms with Gasteiger partial charge in [0.15, 0.2) is 0 Å². The third-order valence-electron chi connectivity index (χ3n) is 6.26. The normalized spacial score (nSPS) is 11.2. The summed E-state index contributed by atoms with van der Waals surface area (Å²) in [5.74, 6) is -0.128. The van der Waals surface area contributed by atoms with E-state index in [1.807, 2.05) is 76.2 Å². The maximum absolute atomic E-state index is 12.6. The fourth-order valence-electron chi connectivity index (χ4n) is 4.20. The summed E-state index contributed by atoms with van der Waals surface area (Å²) in [6.45, 7) is 3.79. The van der Waals surface area contributed by atoms with E-state index in [0.29, 0.717) is 22.9 Å². The molecule has 0 radical (unpaired) electrons. The van der Waals surface area contributed by atoms with Crippen LogP contribution in [0.2, 0.25) is 0 Å². The Morgan fingerprint density at radius 2 is 1.92 bits per heavy atom. The number of benzene rings is 2. The van der Waals surface area contributed by atoms with Gasteiger partial charge in [0.05, 0.1) is 24.2 Å². The van der Waals surface area contributed by atoms with E-state index in [9.17, 15) is 4.79 Å². The molecule has 2 aromatic carbocycles. The number of esters is 1. The van der Waals surface area contributed by atoms with Gasteiger partial charge in [-0.05, 0) is 44.8 Å². The number of hydrogen-bond donors (Lipinski definition) is 2. The molecule has 0 spiro atoms. The molecule has 9 nitrogen and oxygen atoms in total. The van der Waals surface area contributed by atoms with Crippen molar-refractivity contribution in [1.82, 2.24) is 19.4 Å². The summed E-state index contributed by atoms with van der Waals surface area (Å²) < 4.78 is 7.02. The highest BCUT2D eigenvalue weighted by Gasteiger charge is 2.21. The fraction of sp³-hybridized carbons (Fsp3) is 0.296. The van der Waals surface area contributed by atoms with Crippen LogP contribution in [0.3, 0.4) is 0 Å². The summed E-state index contributed by atoms with van der Waals surface area (Å²) in [6.07, 6.45) is 3.46. The van der Waals surface area contributed by atoms with Crippen molar-refractivity contribution in [3.05, 3.63) is 59.9 Å². The molecule has 2 heterocycles. The second-order valence-electron chi connectivity index (χ2n) is 9.19. The zero-order valence-corrected chi connectivity index (χ0v) is 21.7. The average molecular weight is 488 g/mol. The zero-order valence-electron chi connectivity index (χ0n) is 21.7. The van der Waals surface area contributed by atoms with Crippen molar-refractivity contribution in [2.75, 3.05) is 57.3 Å². The van der Waals surface area contributed by atoms with Gasteiger partial charge in [-0.1, -0.05) is 18.2 Å². The molecule has 3 N–H and O–H groups in total. The van der Waals surface area contributed by atoms with Gasteiger partial charge < -0.3 is 30.2 Å². The molecule has 9 heteroatoms. The molecule has 2 aromatic heterocycles. The minimum atomic E-state index is -0.491. The number of carbonyl (C=O) groups is 1. The number of aryl methyl sites for hydroxylation is 2. The predicted octanol–water partition coefficient (Wildman–Crippen LogP) is 4.05. The molecule has 188 valence electrons. The van der Waals surface area contributed by atoms with Crippen LogP contribution < -0.4 is 16.0 Å².